The summed E-state index contributed by atoms with van der Waals surface area (Å²) in [5.41, 5.74) is 2.00. The predicted molar refractivity (Wildman–Crippen MR) is 108 cm³/mol. The van der Waals surface area contributed by atoms with Crippen molar-refractivity contribution in [2.45, 2.75) is 0 Å². The van der Waals surface area contributed by atoms with E-state index in [1.54, 1.807) is 11.8 Å². The Morgan fingerprint density at radius 2 is 1.68 bits per heavy atom. The zero-order valence-corrected chi connectivity index (χ0v) is 15.0. The first-order valence-corrected chi connectivity index (χ1v) is 9.45. The van der Waals surface area contributed by atoms with Gasteiger partial charge in [0.1, 0.15) is 5.69 Å². The summed E-state index contributed by atoms with van der Waals surface area (Å²) >= 11 is 1.79. The van der Waals surface area contributed by atoms with Crippen molar-refractivity contribution in [1.82, 2.24) is 4.48 Å². The summed E-state index contributed by atoms with van der Waals surface area (Å²) in [4.78, 5) is 12.7. The maximum absolute atomic E-state index is 12.7. The van der Waals surface area contributed by atoms with Crippen molar-refractivity contribution in [2.75, 3.05) is 19.3 Å². The lowest BCUT2D eigenvalue weighted by Gasteiger charge is -2.30. The van der Waals surface area contributed by atoms with Crippen LogP contribution in [0.4, 0.5) is 5.69 Å². The molecular weight excluding hydrogens is 326 g/mol. The van der Waals surface area contributed by atoms with Gasteiger partial charge in [0.15, 0.2) is 10.8 Å². The molecule has 1 saturated heterocycles. The second-order valence-corrected chi connectivity index (χ2v) is 7.59. The molecule has 3 aromatic carbocycles. The van der Waals surface area contributed by atoms with E-state index < -0.39 is 0 Å². The topological polar surface area (TPSA) is 17.1 Å². The van der Waals surface area contributed by atoms with Gasteiger partial charge >= 0.3 is 0 Å². The van der Waals surface area contributed by atoms with Crippen LogP contribution in [0.15, 0.2) is 83.9 Å². The van der Waals surface area contributed by atoms with Gasteiger partial charge < -0.3 is 0 Å². The van der Waals surface area contributed by atoms with Crippen LogP contribution in [0.25, 0.3) is 10.8 Å². The van der Waals surface area contributed by atoms with Crippen molar-refractivity contribution in [3.8, 4) is 0 Å². The molecule has 124 valence electrons. The molecule has 1 fully saturated rings. The Morgan fingerprint density at radius 3 is 2.52 bits per heavy atom. The number of benzene rings is 3. The normalized spacial score (nSPS) is 21.7. The first kappa shape index (κ1) is 16.1. The molecule has 0 N–H and O–H groups in total. The Labute approximate surface area is 152 Å². The smallest absolute Gasteiger partial charge is 0.192 e. The third-order valence-electron chi connectivity index (χ3n) is 4.89. The molecule has 1 unspecified atom stereocenters. The van der Waals surface area contributed by atoms with Crippen LogP contribution < -0.4 is 4.48 Å². The van der Waals surface area contributed by atoms with Crippen molar-refractivity contribution in [3.63, 3.8) is 0 Å². The number of hydrogen-bond acceptors (Lipinski definition) is 2. The molecule has 1 atom stereocenters. The zero-order valence-electron chi connectivity index (χ0n) is 14.2. The van der Waals surface area contributed by atoms with Crippen LogP contribution >= 0.6 is 11.8 Å². The molecule has 3 heteroatoms. The molecule has 0 radical (unpaired) electrons. The molecule has 25 heavy (non-hydrogen) atoms. The molecule has 1 aliphatic rings. The van der Waals surface area contributed by atoms with E-state index in [4.69, 9.17) is 0 Å². The number of carbonyl (C=O) groups excluding carboxylic acids is 1. The highest BCUT2D eigenvalue weighted by Crippen LogP contribution is 2.42. The number of thioether (sulfide) groups is 1. The van der Waals surface area contributed by atoms with Gasteiger partial charge in [-0.15, -0.1) is 0 Å². The minimum Gasteiger partial charge on any atom is -0.289 e. The highest BCUT2D eigenvalue weighted by atomic mass is 32.2. The van der Waals surface area contributed by atoms with E-state index in [9.17, 15) is 4.79 Å². The minimum absolute atomic E-state index is 0.0783. The summed E-state index contributed by atoms with van der Waals surface area (Å²) in [5.74, 6) is 1.10. The van der Waals surface area contributed by atoms with Crippen LogP contribution in [-0.4, -0.2) is 25.1 Å². The molecule has 0 aliphatic carbocycles. The Hall–Kier alpha value is -2.36. The molecule has 0 amide bonds. The third kappa shape index (κ3) is 2.90. The average molecular weight is 346 g/mol. The molecule has 2 nitrogen and oxygen atoms in total. The van der Waals surface area contributed by atoms with Crippen LogP contribution in [0.5, 0.6) is 0 Å². The predicted octanol–water partition coefficient (Wildman–Crippen LogP) is 5.25. The Balaban J connectivity index is 1.80. The quantitative estimate of drug-likeness (QED) is 0.366. The van der Waals surface area contributed by atoms with Crippen molar-refractivity contribution in [1.29, 1.82) is 0 Å². The summed E-state index contributed by atoms with van der Waals surface area (Å²) < 4.78 is 0.685. The van der Waals surface area contributed by atoms with Crippen molar-refractivity contribution >= 4 is 34.0 Å². The first-order valence-electron chi connectivity index (χ1n) is 8.47. The van der Waals surface area contributed by atoms with Crippen LogP contribution in [0.3, 0.4) is 0 Å². The molecule has 0 saturated carbocycles. The van der Waals surface area contributed by atoms with E-state index in [-0.39, 0.29) is 5.78 Å². The molecule has 1 aliphatic heterocycles. The molecule has 1 heterocycles. The van der Waals surface area contributed by atoms with Crippen molar-refractivity contribution < 1.29 is 4.79 Å². The van der Waals surface area contributed by atoms with Crippen molar-refractivity contribution in [2.24, 2.45) is 0 Å². The lowest BCUT2D eigenvalue weighted by atomic mass is 10.1. The number of quaternary nitrogens is 1. The average Bonchev–Trinajstić information content (AvgIpc) is 3.03. The van der Waals surface area contributed by atoms with Gasteiger partial charge in [0.2, 0.25) is 0 Å². The Kier molecular flexibility index (Phi) is 4.20. The van der Waals surface area contributed by atoms with E-state index in [2.05, 4.69) is 49.5 Å². The van der Waals surface area contributed by atoms with E-state index in [0.29, 0.717) is 4.48 Å². The number of allylic oxidation sites excluding steroid dienone is 1. The van der Waals surface area contributed by atoms with Crippen LogP contribution in [0.2, 0.25) is 0 Å². The number of ketones is 1. The van der Waals surface area contributed by atoms with E-state index in [0.717, 1.165) is 22.9 Å². The Bertz CT molecular complexity index is 959. The maximum Gasteiger partial charge on any atom is 0.192 e. The van der Waals surface area contributed by atoms with Gasteiger partial charge in [-0.1, -0.05) is 72.4 Å². The number of rotatable bonds is 3. The second kappa shape index (κ2) is 6.51. The van der Waals surface area contributed by atoms with Crippen molar-refractivity contribution in [3.05, 3.63) is 89.5 Å². The van der Waals surface area contributed by atoms with Crippen LogP contribution in [-0.2, 0) is 0 Å². The highest BCUT2D eigenvalue weighted by molar-refractivity contribution is 8.03. The van der Waals surface area contributed by atoms with Gasteiger partial charge in [-0.3, -0.25) is 9.28 Å². The largest absolute Gasteiger partial charge is 0.289 e. The fraction of sp³-hybridized carbons (Fsp3) is 0.136. The van der Waals surface area contributed by atoms with Crippen LogP contribution in [0.1, 0.15) is 10.4 Å². The fourth-order valence-electron chi connectivity index (χ4n) is 3.45. The monoisotopic (exact) mass is 346 g/mol. The fourth-order valence-corrected chi connectivity index (χ4v) is 4.78. The van der Waals surface area contributed by atoms with E-state index in [1.165, 1.54) is 16.5 Å². The van der Waals surface area contributed by atoms with E-state index in [1.807, 2.05) is 36.4 Å². The SMILES string of the molecule is C[N+]1(c2cccc3ccccc23)CCSC1=CC(=O)c1ccccc1. The lowest BCUT2D eigenvalue weighted by Crippen LogP contribution is -2.40. The van der Waals surface area contributed by atoms with Gasteiger partial charge in [-0.05, 0) is 11.5 Å². The first-order chi connectivity index (χ1) is 12.2. The van der Waals surface area contributed by atoms with Gasteiger partial charge in [-0.2, -0.15) is 0 Å². The number of hydrogen-bond donors (Lipinski definition) is 0. The maximum atomic E-state index is 12.7. The second-order valence-electron chi connectivity index (χ2n) is 6.47. The van der Waals surface area contributed by atoms with Gasteiger partial charge in [0.05, 0.1) is 25.4 Å². The summed E-state index contributed by atoms with van der Waals surface area (Å²) in [6.07, 6.45) is 1.83. The zero-order chi connectivity index (χ0) is 17.3. The molecule has 0 bridgehead atoms. The van der Waals surface area contributed by atoms with E-state index >= 15 is 0 Å². The number of fused-ring (bicyclic) bond motifs is 1. The molecule has 3 aromatic rings. The molecule has 0 aromatic heterocycles. The Morgan fingerprint density at radius 1 is 0.960 bits per heavy atom. The number of carbonyl (C=O) groups is 1. The lowest BCUT2D eigenvalue weighted by molar-refractivity contribution is 0.104. The highest BCUT2D eigenvalue weighted by Gasteiger charge is 2.38. The summed E-state index contributed by atoms with van der Waals surface area (Å²) in [7, 11) is 2.21. The number of nitrogens with zero attached hydrogens (tertiary/aromatic N) is 1. The molecular formula is C22H20NOS+. The minimum atomic E-state index is 0.0783. The summed E-state index contributed by atoms with van der Waals surface area (Å²) in [6.45, 7) is 0.993. The molecule has 4 rings (SSSR count). The van der Waals surface area contributed by atoms with Gasteiger partial charge in [0.25, 0.3) is 0 Å². The summed E-state index contributed by atoms with van der Waals surface area (Å²) in [5, 5.41) is 3.61. The van der Waals surface area contributed by atoms with Crippen LogP contribution in [0, 0.1) is 0 Å². The molecule has 0 spiro atoms. The standard InChI is InChI=1S/C22H20NOS/c1-23(20-13-7-11-17-8-5-6-12-19(17)20)14-15-25-22(23)16-21(24)18-9-3-2-4-10-18/h2-13,16H,14-15H2,1H3/q+1. The van der Waals surface area contributed by atoms with Gasteiger partial charge in [0, 0.05) is 17.0 Å². The third-order valence-corrected chi connectivity index (χ3v) is 6.09. The summed E-state index contributed by atoms with van der Waals surface area (Å²) in [6, 6.07) is 24.4. The van der Waals surface area contributed by atoms with Gasteiger partial charge in [-0.25, -0.2) is 0 Å².